The minimum Gasteiger partial charge on any atom is -0.375 e. The first-order valence-corrected chi connectivity index (χ1v) is 7.02. The third kappa shape index (κ3) is 2.82. The van der Waals surface area contributed by atoms with E-state index < -0.39 is 0 Å². The van der Waals surface area contributed by atoms with Crippen molar-refractivity contribution in [3.63, 3.8) is 0 Å². The van der Waals surface area contributed by atoms with E-state index in [4.69, 9.17) is 0 Å². The van der Waals surface area contributed by atoms with Crippen LogP contribution >= 0.6 is 0 Å². The SMILES string of the molecule is Cc1ccc2c(c1)/C(=C\N(C)Cc1ccccc1)C(=O)N2. The highest BCUT2D eigenvalue weighted by Gasteiger charge is 2.24. The fourth-order valence-electron chi connectivity index (χ4n) is 2.57. The molecule has 0 atom stereocenters. The lowest BCUT2D eigenvalue weighted by atomic mass is 10.1. The monoisotopic (exact) mass is 278 g/mol. The molecule has 0 aliphatic carbocycles. The van der Waals surface area contributed by atoms with Crippen LogP contribution in [0.15, 0.2) is 54.7 Å². The summed E-state index contributed by atoms with van der Waals surface area (Å²) in [5.41, 5.74) is 4.98. The molecule has 0 aromatic heterocycles. The molecule has 1 N–H and O–H groups in total. The van der Waals surface area contributed by atoms with E-state index in [9.17, 15) is 4.79 Å². The fourth-order valence-corrected chi connectivity index (χ4v) is 2.57. The van der Waals surface area contributed by atoms with Crippen molar-refractivity contribution in [2.24, 2.45) is 0 Å². The second-order valence-electron chi connectivity index (χ2n) is 5.45. The molecule has 2 aromatic carbocycles. The Morgan fingerprint density at radius 1 is 1.14 bits per heavy atom. The molecule has 1 amide bonds. The van der Waals surface area contributed by atoms with Crippen molar-refractivity contribution in [1.82, 2.24) is 4.90 Å². The maximum absolute atomic E-state index is 12.1. The smallest absolute Gasteiger partial charge is 0.257 e. The van der Waals surface area contributed by atoms with E-state index in [1.807, 2.05) is 55.4 Å². The molecular formula is C18H18N2O. The topological polar surface area (TPSA) is 32.3 Å². The zero-order valence-electron chi connectivity index (χ0n) is 12.3. The lowest BCUT2D eigenvalue weighted by Crippen LogP contribution is -2.13. The van der Waals surface area contributed by atoms with Crippen molar-refractivity contribution in [3.8, 4) is 0 Å². The number of carbonyl (C=O) groups excluding carboxylic acids is 1. The summed E-state index contributed by atoms with van der Waals surface area (Å²) in [6, 6.07) is 16.2. The predicted molar refractivity (Wildman–Crippen MR) is 85.7 cm³/mol. The summed E-state index contributed by atoms with van der Waals surface area (Å²) in [6.45, 7) is 2.81. The summed E-state index contributed by atoms with van der Waals surface area (Å²) < 4.78 is 0. The van der Waals surface area contributed by atoms with Gasteiger partial charge < -0.3 is 10.2 Å². The molecule has 3 heteroatoms. The van der Waals surface area contributed by atoms with Crippen LogP contribution in [-0.2, 0) is 11.3 Å². The van der Waals surface area contributed by atoms with Crippen LogP contribution < -0.4 is 5.32 Å². The molecule has 0 radical (unpaired) electrons. The van der Waals surface area contributed by atoms with Crippen LogP contribution in [0.1, 0.15) is 16.7 Å². The molecule has 2 aromatic rings. The zero-order chi connectivity index (χ0) is 14.8. The quantitative estimate of drug-likeness (QED) is 0.872. The van der Waals surface area contributed by atoms with Crippen molar-refractivity contribution in [2.75, 3.05) is 12.4 Å². The van der Waals surface area contributed by atoms with Crippen LogP contribution in [0.2, 0.25) is 0 Å². The zero-order valence-corrected chi connectivity index (χ0v) is 12.3. The van der Waals surface area contributed by atoms with E-state index in [0.717, 1.165) is 28.9 Å². The Labute approximate surface area is 124 Å². The number of nitrogens with zero attached hydrogens (tertiary/aromatic N) is 1. The van der Waals surface area contributed by atoms with Crippen LogP contribution in [0.4, 0.5) is 5.69 Å². The maximum atomic E-state index is 12.1. The van der Waals surface area contributed by atoms with E-state index in [1.54, 1.807) is 0 Å². The number of nitrogens with one attached hydrogen (secondary N) is 1. The van der Waals surface area contributed by atoms with E-state index >= 15 is 0 Å². The minimum absolute atomic E-state index is 0.0319. The molecule has 21 heavy (non-hydrogen) atoms. The molecule has 0 saturated heterocycles. The third-order valence-corrected chi connectivity index (χ3v) is 3.58. The third-order valence-electron chi connectivity index (χ3n) is 3.58. The predicted octanol–water partition coefficient (Wildman–Crippen LogP) is 3.42. The summed E-state index contributed by atoms with van der Waals surface area (Å²) in [5, 5.41) is 2.91. The molecule has 0 spiro atoms. The van der Waals surface area contributed by atoms with Gasteiger partial charge in [0.25, 0.3) is 5.91 Å². The van der Waals surface area contributed by atoms with Gasteiger partial charge in [-0.2, -0.15) is 0 Å². The molecule has 1 aliphatic rings. The molecule has 0 saturated carbocycles. The van der Waals surface area contributed by atoms with Crippen LogP contribution in [0.25, 0.3) is 5.57 Å². The van der Waals surface area contributed by atoms with Gasteiger partial charge in [-0.05, 0) is 24.6 Å². The molecule has 3 rings (SSSR count). The largest absolute Gasteiger partial charge is 0.375 e. The van der Waals surface area contributed by atoms with Gasteiger partial charge >= 0.3 is 0 Å². The van der Waals surface area contributed by atoms with Gasteiger partial charge in [0.05, 0.1) is 5.57 Å². The summed E-state index contributed by atoms with van der Waals surface area (Å²) in [7, 11) is 1.99. The first-order chi connectivity index (χ1) is 10.1. The molecule has 0 fully saturated rings. The fraction of sp³-hybridized carbons (Fsp3) is 0.167. The van der Waals surface area contributed by atoms with E-state index in [2.05, 4.69) is 23.5 Å². The number of anilines is 1. The number of hydrogen-bond acceptors (Lipinski definition) is 2. The highest BCUT2D eigenvalue weighted by Crippen LogP contribution is 2.32. The van der Waals surface area contributed by atoms with Gasteiger partial charge in [0.1, 0.15) is 0 Å². The molecular weight excluding hydrogens is 260 g/mol. The average molecular weight is 278 g/mol. The number of rotatable bonds is 3. The van der Waals surface area contributed by atoms with Gasteiger partial charge in [-0.3, -0.25) is 4.79 Å². The lowest BCUT2D eigenvalue weighted by molar-refractivity contribution is -0.110. The number of carbonyl (C=O) groups is 1. The first-order valence-electron chi connectivity index (χ1n) is 7.02. The van der Waals surface area contributed by atoms with Crippen molar-refractivity contribution >= 4 is 17.2 Å². The maximum Gasteiger partial charge on any atom is 0.257 e. The van der Waals surface area contributed by atoms with Gasteiger partial charge in [-0.15, -0.1) is 0 Å². The number of amides is 1. The van der Waals surface area contributed by atoms with Gasteiger partial charge in [0, 0.05) is 31.0 Å². The van der Waals surface area contributed by atoms with E-state index in [1.165, 1.54) is 5.56 Å². The van der Waals surface area contributed by atoms with Crippen LogP contribution in [0.5, 0.6) is 0 Å². The van der Waals surface area contributed by atoms with Crippen LogP contribution in [0, 0.1) is 6.92 Å². The highest BCUT2D eigenvalue weighted by atomic mass is 16.2. The van der Waals surface area contributed by atoms with E-state index in [-0.39, 0.29) is 5.91 Å². The molecule has 1 aliphatic heterocycles. The normalized spacial score (nSPS) is 15.0. The summed E-state index contributed by atoms with van der Waals surface area (Å²) in [4.78, 5) is 14.2. The Bertz CT molecular complexity index is 704. The van der Waals surface area contributed by atoms with Crippen LogP contribution in [0.3, 0.4) is 0 Å². The van der Waals surface area contributed by atoms with Gasteiger partial charge in [-0.1, -0.05) is 42.0 Å². The summed E-state index contributed by atoms with van der Waals surface area (Å²) >= 11 is 0. The Morgan fingerprint density at radius 3 is 2.67 bits per heavy atom. The molecule has 3 nitrogen and oxygen atoms in total. The van der Waals surface area contributed by atoms with Crippen molar-refractivity contribution in [1.29, 1.82) is 0 Å². The summed E-state index contributed by atoms with van der Waals surface area (Å²) in [6.07, 6.45) is 1.92. The number of aryl methyl sites for hydroxylation is 1. The minimum atomic E-state index is -0.0319. The van der Waals surface area contributed by atoms with Crippen molar-refractivity contribution in [3.05, 3.63) is 71.4 Å². The average Bonchev–Trinajstić information content (AvgIpc) is 2.76. The van der Waals surface area contributed by atoms with Crippen molar-refractivity contribution < 1.29 is 4.79 Å². The lowest BCUT2D eigenvalue weighted by Gasteiger charge is -2.15. The molecule has 0 unspecified atom stereocenters. The van der Waals surface area contributed by atoms with Gasteiger partial charge in [-0.25, -0.2) is 0 Å². The Balaban J connectivity index is 1.86. The Kier molecular flexibility index (Phi) is 3.48. The number of fused-ring (bicyclic) bond motifs is 1. The van der Waals surface area contributed by atoms with Gasteiger partial charge in [0.2, 0.25) is 0 Å². The molecule has 106 valence electrons. The molecule has 1 heterocycles. The standard InChI is InChI=1S/C18H18N2O/c1-13-8-9-17-15(10-13)16(18(21)19-17)12-20(2)11-14-6-4-3-5-7-14/h3-10,12H,11H2,1-2H3,(H,19,21)/b16-12+. The van der Waals surface area contributed by atoms with Crippen LogP contribution in [-0.4, -0.2) is 17.9 Å². The second-order valence-corrected chi connectivity index (χ2v) is 5.45. The Morgan fingerprint density at radius 2 is 1.90 bits per heavy atom. The second kappa shape index (κ2) is 5.44. The summed E-state index contributed by atoms with van der Waals surface area (Å²) in [5.74, 6) is -0.0319. The first kappa shape index (κ1) is 13.4. The Hall–Kier alpha value is -2.55. The van der Waals surface area contributed by atoms with Gasteiger partial charge in [0.15, 0.2) is 0 Å². The number of hydrogen-bond donors (Lipinski definition) is 1. The van der Waals surface area contributed by atoms with E-state index in [0.29, 0.717) is 0 Å². The number of benzene rings is 2. The highest BCUT2D eigenvalue weighted by molar-refractivity contribution is 6.31. The molecule has 0 bridgehead atoms. The van der Waals surface area contributed by atoms with Crippen molar-refractivity contribution in [2.45, 2.75) is 13.5 Å².